The monoisotopic (exact) mass is 220 g/mol. The lowest BCUT2D eigenvalue weighted by Gasteiger charge is -2.04. The van der Waals surface area contributed by atoms with Gasteiger partial charge in [-0.1, -0.05) is 19.1 Å². The first kappa shape index (κ1) is 12.1. The molecule has 0 spiro atoms. The second kappa shape index (κ2) is 7.33. The van der Waals surface area contributed by atoms with E-state index in [0.29, 0.717) is 0 Å². The molecule has 3 heteroatoms. The maximum atomic E-state index is 8.73. The average Bonchev–Trinajstić information content (AvgIpc) is 2.29. The summed E-state index contributed by atoms with van der Waals surface area (Å²) < 4.78 is 0. The van der Waals surface area contributed by atoms with E-state index >= 15 is 0 Å². The van der Waals surface area contributed by atoms with Crippen LogP contribution in [0.5, 0.6) is 0 Å². The zero-order valence-corrected chi connectivity index (χ0v) is 9.81. The summed E-state index contributed by atoms with van der Waals surface area (Å²) in [5.74, 6) is 2.32. The van der Waals surface area contributed by atoms with E-state index in [2.05, 4.69) is 18.3 Å². The summed E-state index contributed by atoms with van der Waals surface area (Å²) in [6.07, 6.45) is 0. The summed E-state index contributed by atoms with van der Waals surface area (Å²) in [4.78, 5) is 0. The lowest BCUT2D eigenvalue weighted by atomic mass is 10.1. The van der Waals surface area contributed by atoms with Crippen LogP contribution in [0.2, 0.25) is 0 Å². The van der Waals surface area contributed by atoms with E-state index in [-0.39, 0.29) is 0 Å². The molecule has 0 atom stereocenters. The molecule has 0 aliphatic carbocycles. The topological polar surface area (TPSA) is 35.8 Å². The molecule has 0 amide bonds. The molecule has 15 heavy (non-hydrogen) atoms. The zero-order chi connectivity index (χ0) is 10.9. The Morgan fingerprint density at radius 1 is 1.47 bits per heavy atom. The molecule has 0 aliphatic heterocycles. The summed E-state index contributed by atoms with van der Waals surface area (Å²) >= 11 is 1.94. The van der Waals surface area contributed by atoms with Crippen LogP contribution >= 0.6 is 11.8 Å². The molecule has 1 aromatic carbocycles. The predicted molar refractivity (Wildman–Crippen MR) is 65.9 cm³/mol. The number of nitriles is 1. The molecule has 0 aromatic heterocycles. The fraction of sp³-hybridized carbons (Fsp3) is 0.417. The predicted octanol–water partition coefficient (Wildman–Crippen LogP) is 2.40. The summed E-state index contributed by atoms with van der Waals surface area (Å²) in [7, 11) is 0. The van der Waals surface area contributed by atoms with Gasteiger partial charge in [-0.15, -0.1) is 0 Å². The SMILES string of the molecule is CCSCCNCc1cccc(C#N)c1. The molecule has 0 radical (unpaired) electrons. The van der Waals surface area contributed by atoms with E-state index in [0.717, 1.165) is 24.4 Å². The van der Waals surface area contributed by atoms with Crippen LogP contribution in [0.15, 0.2) is 24.3 Å². The lowest BCUT2D eigenvalue weighted by molar-refractivity contribution is 0.732. The maximum absolute atomic E-state index is 8.73. The number of nitrogens with one attached hydrogen (secondary N) is 1. The van der Waals surface area contributed by atoms with Gasteiger partial charge in [0.25, 0.3) is 0 Å². The van der Waals surface area contributed by atoms with Crippen molar-refractivity contribution in [2.45, 2.75) is 13.5 Å². The highest BCUT2D eigenvalue weighted by Gasteiger charge is 1.94. The van der Waals surface area contributed by atoms with Crippen molar-refractivity contribution in [3.63, 3.8) is 0 Å². The quantitative estimate of drug-likeness (QED) is 0.748. The third-order valence-corrected chi connectivity index (χ3v) is 2.91. The summed E-state index contributed by atoms with van der Waals surface area (Å²) in [6, 6.07) is 9.88. The van der Waals surface area contributed by atoms with Crippen LogP contribution in [-0.4, -0.2) is 18.1 Å². The largest absolute Gasteiger partial charge is 0.312 e. The Balaban J connectivity index is 2.28. The average molecular weight is 220 g/mol. The van der Waals surface area contributed by atoms with Crippen molar-refractivity contribution in [2.24, 2.45) is 0 Å². The Morgan fingerprint density at radius 3 is 3.07 bits per heavy atom. The Morgan fingerprint density at radius 2 is 2.33 bits per heavy atom. The maximum Gasteiger partial charge on any atom is 0.0991 e. The van der Waals surface area contributed by atoms with Crippen molar-refractivity contribution < 1.29 is 0 Å². The van der Waals surface area contributed by atoms with Crippen LogP contribution in [0.3, 0.4) is 0 Å². The highest BCUT2D eigenvalue weighted by Crippen LogP contribution is 2.03. The highest BCUT2D eigenvalue weighted by atomic mass is 32.2. The fourth-order valence-corrected chi connectivity index (χ4v) is 1.85. The van der Waals surface area contributed by atoms with Gasteiger partial charge < -0.3 is 5.32 Å². The Hall–Kier alpha value is -0.980. The first-order valence-electron chi connectivity index (χ1n) is 5.14. The Labute approximate surface area is 95.7 Å². The van der Waals surface area contributed by atoms with Crippen molar-refractivity contribution in [2.75, 3.05) is 18.1 Å². The molecule has 1 N–H and O–H groups in total. The first-order chi connectivity index (χ1) is 7.36. The van der Waals surface area contributed by atoms with Crippen molar-refractivity contribution in [3.05, 3.63) is 35.4 Å². The number of rotatable bonds is 6. The second-order valence-electron chi connectivity index (χ2n) is 3.19. The van der Waals surface area contributed by atoms with Gasteiger partial charge in [0.05, 0.1) is 11.6 Å². The molecule has 1 rings (SSSR count). The van der Waals surface area contributed by atoms with E-state index in [9.17, 15) is 0 Å². The number of nitrogens with zero attached hydrogens (tertiary/aromatic N) is 1. The first-order valence-corrected chi connectivity index (χ1v) is 6.29. The van der Waals surface area contributed by atoms with Crippen LogP contribution in [-0.2, 0) is 6.54 Å². The number of hydrogen-bond acceptors (Lipinski definition) is 3. The minimum atomic E-state index is 0.734. The molecule has 0 bridgehead atoms. The van der Waals surface area contributed by atoms with Gasteiger partial charge in [-0.3, -0.25) is 0 Å². The fourth-order valence-electron chi connectivity index (χ4n) is 1.27. The van der Waals surface area contributed by atoms with Crippen LogP contribution in [0.4, 0.5) is 0 Å². The minimum Gasteiger partial charge on any atom is -0.312 e. The van der Waals surface area contributed by atoms with Crippen molar-refractivity contribution in [1.82, 2.24) is 5.32 Å². The van der Waals surface area contributed by atoms with Crippen LogP contribution in [0.25, 0.3) is 0 Å². The van der Waals surface area contributed by atoms with Crippen molar-refractivity contribution in [1.29, 1.82) is 5.26 Å². The number of benzene rings is 1. The van der Waals surface area contributed by atoms with Gasteiger partial charge in [0.15, 0.2) is 0 Å². The van der Waals surface area contributed by atoms with Crippen molar-refractivity contribution >= 4 is 11.8 Å². The second-order valence-corrected chi connectivity index (χ2v) is 4.58. The molecule has 0 heterocycles. The minimum absolute atomic E-state index is 0.734. The zero-order valence-electron chi connectivity index (χ0n) is 8.99. The van der Waals surface area contributed by atoms with Gasteiger partial charge in [0.2, 0.25) is 0 Å². The van der Waals surface area contributed by atoms with E-state index in [1.54, 1.807) is 0 Å². The van der Waals surface area contributed by atoms with Gasteiger partial charge in [0.1, 0.15) is 0 Å². The van der Waals surface area contributed by atoms with Gasteiger partial charge >= 0.3 is 0 Å². The van der Waals surface area contributed by atoms with Gasteiger partial charge in [-0.25, -0.2) is 0 Å². The molecule has 80 valence electrons. The molecular weight excluding hydrogens is 204 g/mol. The summed E-state index contributed by atoms with van der Waals surface area (Å²) in [5, 5.41) is 12.1. The molecule has 0 unspecified atom stereocenters. The van der Waals surface area contributed by atoms with Crippen molar-refractivity contribution in [3.8, 4) is 6.07 Å². The van der Waals surface area contributed by atoms with Crippen LogP contribution in [0.1, 0.15) is 18.1 Å². The Bertz CT molecular complexity index is 331. The standard InChI is InChI=1S/C12H16N2S/c1-2-15-7-6-14-10-12-5-3-4-11(8-12)9-13/h3-5,8,14H,2,6-7,10H2,1H3. The van der Waals surface area contributed by atoms with Crippen LogP contribution < -0.4 is 5.32 Å². The third-order valence-electron chi connectivity index (χ3n) is 2.01. The van der Waals surface area contributed by atoms with E-state index in [1.807, 2.05) is 36.0 Å². The molecule has 2 nitrogen and oxygen atoms in total. The third kappa shape index (κ3) is 4.87. The molecule has 1 aromatic rings. The molecule has 0 saturated carbocycles. The number of hydrogen-bond donors (Lipinski definition) is 1. The smallest absolute Gasteiger partial charge is 0.0991 e. The normalized spacial score (nSPS) is 9.87. The summed E-state index contributed by atoms with van der Waals surface area (Å²) in [5.41, 5.74) is 1.91. The van der Waals surface area contributed by atoms with Gasteiger partial charge in [0, 0.05) is 18.8 Å². The summed E-state index contributed by atoms with van der Waals surface area (Å²) in [6.45, 7) is 4.04. The number of thioether (sulfide) groups is 1. The van der Waals surface area contributed by atoms with E-state index < -0.39 is 0 Å². The molecular formula is C12H16N2S. The lowest BCUT2D eigenvalue weighted by Crippen LogP contribution is -2.16. The van der Waals surface area contributed by atoms with Gasteiger partial charge in [-0.2, -0.15) is 17.0 Å². The highest BCUT2D eigenvalue weighted by molar-refractivity contribution is 7.99. The van der Waals surface area contributed by atoms with Crippen LogP contribution in [0, 0.1) is 11.3 Å². The molecule has 0 fully saturated rings. The van der Waals surface area contributed by atoms with E-state index in [1.165, 1.54) is 11.3 Å². The van der Waals surface area contributed by atoms with Gasteiger partial charge in [-0.05, 0) is 23.4 Å². The molecule has 0 saturated heterocycles. The molecule has 0 aliphatic rings. The van der Waals surface area contributed by atoms with E-state index in [4.69, 9.17) is 5.26 Å². The Kier molecular flexibility index (Phi) is 5.91.